The molecule has 5 amide bonds. The predicted octanol–water partition coefficient (Wildman–Crippen LogP) is 5.19. The zero-order chi connectivity index (χ0) is 31.9. The minimum absolute atomic E-state index is 0.0530. The molecule has 2 aromatic rings. The largest absolute Gasteiger partial charge is 0.397 e. The highest BCUT2D eigenvalue weighted by atomic mass is 79.9. The molecule has 244 valence electrons. The average molecular weight is 748 g/mol. The number of likely N-dealkylation sites (tertiary alicyclic amines) is 3. The molecule has 0 aliphatic carbocycles. The van der Waals surface area contributed by atoms with Gasteiger partial charge in [0.2, 0.25) is 5.91 Å². The lowest BCUT2D eigenvalue weighted by molar-refractivity contribution is -0.134. The van der Waals surface area contributed by atoms with E-state index in [4.69, 9.17) is 11.5 Å². The lowest BCUT2D eigenvalue weighted by Gasteiger charge is -2.39. The van der Waals surface area contributed by atoms with Crippen molar-refractivity contribution in [1.82, 2.24) is 20.0 Å². The summed E-state index contributed by atoms with van der Waals surface area (Å²) in [5, 5.41) is 3.08. The number of benzene rings is 2. The lowest BCUT2D eigenvalue weighted by Crippen LogP contribution is -2.57. The lowest BCUT2D eigenvalue weighted by atomic mass is 9.94. The molecule has 3 heterocycles. The summed E-state index contributed by atoms with van der Waals surface area (Å²) in [6, 6.07) is 11.6. The summed E-state index contributed by atoms with van der Waals surface area (Å²) >= 11 is 7.04. The van der Waals surface area contributed by atoms with Gasteiger partial charge in [0.15, 0.2) is 0 Å². The molecule has 0 bridgehead atoms. The number of primary amides is 1. The van der Waals surface area contributed by atoms with Crippen molar-refractivity contribution in [2.45, 2.75) is 63.5 Å². The zero-order valence-electron chi connectivity index (χ0n) is 25.8. The summed E-state index contributed by atoms with van der Waals surface area (Å²) in [4.78, 5) is 47.8. The fourth-order valence-electron chi connectivity index (χ4n) is 6.93. The summed E-state index contributed by atoms with van der Waals surface area (Å²) in [7, 11) is 0. The molecule has 5 N–H and O–H groups in total. The molecule has 12 heteroatoms. The molecule has 3 aliphatic heterocycles. The van der Waals surface area contributed by atoms with Gasteiger partial charge in [-0.25, -0.2) is 9.59 Å². The minimum atomic E-state index is -0.720. The number of nitrogens with two attached hydrogens (primary N) is 2. The van der Waals surface area contributed by atoms with Crippen LogP contribution in [0.5, 0.6) is 0 Å². The second-order valence-corrected chi connectivity index (χ2v) is 14.3. The number of carbonyl (C=O) groups is 3. The average Bonchev–Trinajstić information content (AvgIpc) is 3.04. The highest BCUT2D eigenvalue weighted by Crippen LogP contribution is 2.31. The Kier molecular flexibility index (Phi) is 11.7. The molecule has 2 aromatic carbocycles. The third-order valence-electron chi connectivity index (χ3n) is 9.45. The second kappa shape index (κ2) is 15.6. The maximum absolute atomic E-state index is 14.0. The van der Waals surface area contributed by atoms with Gasteiger partial charge >= 0.3 is 12.1 Å². The monoisotopic (exact) mass is 745 g/mol. The summed E-state index contributed by atoms with van der Waals surface area (Å²) < 4.78 is 1.48. The molecule has 10 nitrogen and oxygen atoms in total. The zero-order valence-corrected chi connectivity index (χ0v) is 29.0. The number of halogens is 2. The van der Waals surface area contributed by atoms with Crippen LogP contribution in [0.2, 0.25) is 0 Å². The van der Waals surface area contributed by atoms with Crippen LogP contribution in [0.25, 0.3) is 0 Å². The number of hydrogen-bond donors (Lipinski definition) is 3. The molecular formula is C33H45Br2N7O3. The van der Waals surface area contributed by atoms with E-state index < -0.39 is 12.1 Å². The fraction of sp³-hybridized carbons (Fsp3) is 0.545. The van der Waals surface area contributed by atoms with Crippen LogP contribution in [0.15, 0.2) is 51.4 Å². The van der Waals surface area contributed by atoms with Crippen LogP contribution in [0.4, 0.5) is 21.0 Å². The molecule has 3 saturated heterocycles. The molecular weight excluding hydrogens is 702 g/mol. The maximum Gasteiger partial charge on any atom is 0.319 e. The third kappa shape index (κ3) is 8.71. The van der Waals surface area contributed by atoms with Gasteiger partial charge in [-0.15, -0.1) is 0 Å². The Labute approximate surface area is 283 Å². The van der Waals surface area contributed by atoms with Crippen LogP contribution in [0.1, 0.15) is 50.5 Å². The molecule has 45 heavy (non-hydrogen) atoms. The molecule has 0 aromatic heterocycles. The first-order chi connectivity index (χ1) is 21.7. The van der Waals surface area contributed by atoms with E-state index in [1.165, 1.54) is 32.4 Å². The first kappa shape index (κ1) is 33.5. The van der Waals surface area contributed by atoms with Gasteiger partial charge in [0.1, 0.15) is 6.04 Å². The number of nitrogens with one attached hydrogen (secondary N) is 1. The number of carbonyl (C=O) groups excluding carboxylic acids is 3. The highest BCUT2D eigenvalue weighted by Gasteiger charge is 2.34. The van der Waals surface area contributed by atoms with Crippen molar-refractivity contribution in [3.63, 3.8) is 0 Å². The Balaban J connectivity index is 1.23. The van der Waals surface area contributed by atoms with Gasteiger partial charge in [-0.3, -0.25) is 9.69 Å². The normalized spacial score (nSPS) is 19.2. The maximum atomic E-state index is 14.0. The van der Waals surface area contributed by atoms with Crippen LogP contribution in [-0.2, 0) is 11.2 Å². The van der Waals surface area contributed by atoms with Gasteiger partial charge in [0.05, 0.1) is 5.69 Å². The van der Waals surface area contributed by atoms with Gasteiger partial charge in [0.25, 0.3) is 0 Å². The van der Waals surface area contributed by atoms with Gasteiger partial charge in [-0.05, 0) is 119 Å². The van der Waals surface area contributed by atoms with E-state index in [0.29, 0.717) is 57.0 Å². The Morgan fingerprint density at radius 1 is 0.867 bits per heavy atom. The van der Waals surface area contributed by atoms with Crippen LogP contribution < -0.4 is 21.7 Å². The number of anilines is 2. The predicted molar refractivity (Wildman–Crippen MR) is 185 cm³/mol. The van der Waals surface area contributed by atoms with E-state index >= 15 is 0 Å². The second-order valence-electron chi connectivity index (χ2n) is 12.6. The van der Waals surface area contributed by atoms with E-state index in [2.05, 4.69) is 42.1 Å². The number of urea groups is 2. The molecule has 5 rings (SSSR count). The first-order valence-electron chi connectivity index (χ1n) is 16.1. The van der Waals surface area contributed by atoms with Crippen LogP contribution in [0.3, 0.4) is 0 Å². The van der Waals surface area contributed by atoms with Gasteiger partial charge in [0, 0.05) is 59.8 Å². The number of nitrogens with zero attached hydrogens (tertiary/aromatic N) is 4. The topological polar surface area (TPSA) is 128 Å². The number of para-hydroxylation sites is 1. The number of nitrogen functional groups attached to an aromatic ring is 1. The molecule has 1 atom stereocenters. The molecule has 0 unspecified atom stereocenters. The van der Waals surface area contributed by atoms with E-state index in [0.717, 1.165) is 39.6 Å². The Hall–Kier alpha value is -2.83. The SMILES string of the molecule is NC(=O)N(c1ccccc1)C1CCN(C(=O)N[C@@H](Cc2cc(Br)c(N)c(Br)c2)C(=O)N2CCC(CN3CCCCC3)CC2)CC1. The summed E-state index contributed by atoms with van der Waals surface area (Å²) in [5.41, 5.74) is 14.1. The smallest absolute Gasteiger partial charge is 0.319 e. The molecule has 0 spiro atoms. The number of piperidine rings is 3. The van der Waals surface area contributed by atoms with Crippen molar-refractivity contribution in [3.05, 3.63) is 57.0 Å². The van der Waals surface area contributed by atoms with Crippen molar-refractivity contribution in [1.29, 1.82) is 0 Å². The quantitative estimate of drug-likeness (QED) is 0.321. The molecule has 3 aliphatic rings. The number of amides is 5. The van der Waals surface area contributed by atoms with Gasteiger partial charge < -0.3 is 31.5 Å². The Bertz CT molecular complexity index is 1300. The Morgan fingerprint density at radius 2 is 1.47 bits per heavy atom. The number of hydrogen-bond acceptors (Lipinski definition) is 5. The van der Waals surface area contributed by atoms with Crippen molar-refractivity contribution >= 4 is 61.2 Å². The minimum Gasteiger partial charge on any atom is -0.397 e. The first-order valence-corrected chi connectivity index (χ1v) is 17.7. The molecule has 0 radical (unpaired) electrons. The van der Waals surface area contributed by atoms with Crippen molar-refractivity contribution in [2.24, 2.45) is 11.7 Å². The van der Waals surface area contributed by atoms with E-state index in [1.807, 2.05) is 47.4 Å². The summed E-state index contributed by atoms with van der Waals surface area (Å²) in [6.07, 6.45) is 7.37. The van der Waals surface area contributed by atoms with E-state index in [-0.39, 0.29) is 18.0 Å². The standard InChI is InChI=1S/C33H45Br2N7O3/c34-27-19-24(20-28(35)30(27)36)21-29(31(43)40-15-9-23(10-16-40)22-39-13-5-2-6-14-39)38-33(45)41-17-11-26(12-18-41)42(32(37)44)25-7-3-1-4-8-25/h1,3-4,7-8,19-20,23,26,29H,2,5-6,9-18,21-22,36H2,(H2,37,44)(H,38,45)/t29-/m0/s1. The van der Waals surface area contributed by atoms with Crippen LogP contribution in [-0.4, -0.2) is 90.6 Å². The van der Waals surface area contributed by atoms with Gasteiger partial charge in [-0.2, -0.15) is 0 Å². The van der Waals surface area contributed by atoms with Gasteiger partial charge in [-0.1, -0.05) is 24.6 Å². The van der Waals surface area contributed by atoms with Crippen molar-refractivity contribution in [2.75, 3.05) is 56.4 Å². The Morgan fingerprint density at radius 3 is 2.07 bits per heavy atom. The summed E-state index contributed by atoms with van der Waals surface area (Å²) in [5.74, 6) is 0.545. The van der Waals surface area contributed by atoms with E-state index in [9.17, 15) is 14.4 Å². The fourth-order valence-corrected chi connectivity index (χ4v) is 8.21. The summed E-state index contributed by atoms with van der Waals surface area (Å²) in [6.45, 7) is 5.79. The highest BCUT2D eigenvalue weighted by molar-refractivity contribution is 9.11. The van der Waals surface area contributed by atoms with Crippen molar-refractivity contribution < 1.29 is 14.4 Å². The molecule has 0 saturated carbocycles. The van der Waals surface area contributed by atoms with E-state index in [1.54, 1.807) is 9.80 Å². The van der Waals surface area contributed by atoms with Crippen LogP contribution >= 0.6 is 31.9 Å². The van der Waals surface area contributed by atoms with Crippen molar-refractivity contribution in [3.8, 4) is 0 Å². The molecule has 3 fully saturated rings. The third-order valence-corrected chi connectivity index (χ3v) is 10.8. The number of rotatable bonds is 8. The van der Waals surface area contributed by atoms with Crippen LogP contribution in [0, 0.1) is 5.92 Å².